The molecular formula is C18H17F4O7S-. The molecule has 2 rings (SSSR count). The van der Waals surface area contributed by atoms with Gasteiger partial charge in [-0.2, -0.15) is 8.78 Å². The van der Waals surface area contributed by atoms with Gasteiger partial charge in [0, 0.05) is 12.1 Å². The second kappa shape index (κ2) is 9.39. The van der Waals surface area contributed by atoms with E-state index in [0.717, 1.165) is 0 Å². The van der Waals surface area contributed by atoms with Crippen LogP contribution in [0.25, 0.3) is 0 Å². The molecule has 7 nitrogen and oxygen atoms in total. The summed E-state index contributed by atoms with van der Waals surface area (Å²) in [5.41, 5.74) is 0. The van der Waals surface area contributed by atoms with E-state index in [-0.39, 0.29) is 37.1 Å². The van der Waals surface area contributed by atoms with Crippen LogP contribution in [0.15, 0.2) is 17.0 Å². The molecule has 0 heterocycles. The van der Waals surface area contributed by atoms with E-state index in [1.807, 2.05) is 0 Å². The normalized spacial score (nSPS) is 11.3. The van der Waals surface area contributed by atoms with Crippen LogP contribution in [0.3, 0.4) is 0 Å². The molecule has 30 heavy (non-hydrogen) atoms. The van der Waals surface area contributed by atoms with E-state index in [4.69, 9.17) is 18.9 Å². The quantitative estimate of drug-likeness (QED) is 0.320. The Balaban J connectivity index is 2.72. The lowest BCUT2D eigenvalue weighted by molar-refractivity contribution is 0.274. The smallest absolute Gasteiger partial charge is 0.211 e. The van der Waals surface area contributed by atoms with Crippen LogP contribution >= 0.6 is 0 Å². The van der Waals surface area contributed by atoms with Crippen molar-refractivity contribution >= 4 is 10.1 Å². The molecule has 0 amide bonds. The van der Waals surface area contributed by atoms with Crippen LogP contribution in [0.1, 0.15) is 20.8 Å². The average Bonchev–Trinajstić information content (AvgIpc) is 2.65. The Morgan fingerprint density at radius 3 is 1.57 bits per heavy atom. The molecule has 0 saturated carbocycles. The van der Waals surface area contributed by atoms with Gasteiger partial charge in [0.1, 0.15) is 20.8 Å². The summed E-state index contributed by atoms with van der Waals surface area (Å²) in [5.74, 6) is -11.4. The van der Waals surface area contributed by atoms with Gasteiger partial charge in [-0.3, -0.25) is 0 Å². The summed E-state index contributed by atoms with van der Waals surface area (Å²) in [6.07, 6.45) is 0. The minimum atomic E-state index is -5.85. The first kappa shape index (κ1) is 23.5. The monoisotopic (exact) mass is 453 g/mol. The fourth-order valence-electron chi connectivity index (χ4n) is 2.43. The van der Waals surface area contributed by atoms with E-state index >= 15 is 0 Å². The topological polar surface area (TPSA) is 94.1 Å². The third-order valence-electron chi connectivity index (χ3n) is 3.54. The summed E-state index contributed by atoms with van der Waals surface area (Å²) in [4.78, 5) is -2.29. The zero-order valence-electron chi connectivity index (χ0n) is 16.1. The van der Waals surface area contributed by atoms with Crippen LogP contribution in [0.2, 0.25) is 0 Å². The Kier molecular flexibility index (Phi) is 7.37. The molecule has 0 radical (unpaired) electrons. The molecule has 0 atom stereocenters. The summed E-state index contributed by atoms with van der Waals surface area (Å²) in [6.45, 7) is 5.28. The third kappa shape index (κ3) is 4.70. The SMILES string of the molecule is CCOc1cc(OCC)c(Oc2c(F)c(F)c(S(=O)(=O)[O-])c(F)c2F)c(OCC)c1. The van der Waals surface area contributed by atoms with Crippen molar-refractivity contribution < 1.29 is 49.5 Å². The molecule has 0 saturated heterocycles. The first-order chi connectivity index (χ1) is 14.1. The molecule has 0 aromatic heterocycles. The largest absolute Gasteiger partial charge is 0.744 e. The van der Waals surface area contributed by atoms with Crippen molar-refractivity contribution in [3.63, 3.8) is 0 Å². The summed E-state index contributed by atoms with van der Waals surface area (Å²) in [7, 11) is -5.85. The predicted molar refractivity (Wildman–Crippen MR) is 94.3 cm³/mol. The number of ether oxygens (including phenoxy) is 4. The van der Waals surface area contributed by atoms with Crippen LogP contribution in [0.5, 0.6) is 28.7 Å². The van der Waals surface area contributed by atoms with Crippen LogP contribution in [-0.4, -0.2) is 32.8 Å². The zero-order valence-corrected chi connectivity index (χ0v) is 16.9. The summed E-state index contributed by atoms with van der Waals surface area (Å²) < 4.78 is 111. The molecule has 0 bridgehead atoms. The van der Waals surface area contributed by atoms with E-state index in [1.54, 1.807) is 20.8 Å². The van der Waals surface area contributed by atoms with Gasteiger partial charge < -0.3 is 23.5 Å². The highest BCUT2D eigenvalue weighted by Crippen LogP contribution is 2.46. The first-order valence-electron chi connectivity index (χ1n) is 8.62. The summed E-state index contributed by atoms with van der Waals surface area (Å²) >= 11 is 0. The molecule has 0 aliphatic heterocycles. The summed E-state index contributed by atoms with van der Waals surface area (Å²) in [6, 6.07) is 2.59. The van der Waals surface area contributed by atoms with E-state index < -0.39 is 49.8 Å². The van der Waals surface area contributed by atoms with Crippen LogP contribution in [0.4, 0.5) is 17.6 Å². The van der Waals surface area contributed by atoms with Crippen LogP contribution < -0.4 is 18.9 Å². The average molecular weight is 453 g/mol. The molecular weight excluding hydrogens is 436 g/mol. The maximum atomic E-state index is 14.3. The minimum absolute atomic E-state index is 0.0680. The van der Waals surface area contributed by atoms with E-state index in [0.29, 0.717) is 0 Å². The molecule has 0 spiro atoms. The van der Waals surface area contributed by atoms with Crippen LogP contribution in [-0.2, 0) is 10.1 Å². The lowest BCUT2D eigenvalue weighted by Gasteiger charge is -2.19. The van der Waals surface area contributed by atoms with Gasteiger partial charge in [0.05, 0.1) is 19.8 Å². The Bertz CT molecular complexity index is 985. The highest BCUT2D eigenvalue weighted by molar-refractivity contribution is 7.85. The molecule has 0 unspecified atom stereocenters. The van der Waals surface area contributed by atoms with Gasteiger partial charge >= 0.3 is 0 Å². The van der Waals surface area contributed by atoms with Crippen LogP contribution in [0, 0.1) is 23.3 Å². The van der Waals surface area contributed by atoms with Gasteiger partial charge in [-0.15, -0.1) is 0 Å². The van der Waals surface area contributed by atoms with Gasteiger partial charge in [0.15, 0.2) is 23.1 Å². The third-order valence-corrected chi connectivity index (χ3v) is 4.40. The maximum absolute atomic E-state index is 14.3. The van der Waals surface area contributed by atoms with E-state index in [9.17, 15) is 30.5 Å². The molecule has 0 fully saturated rings. The van der Waals surface area contributed by atoms with Crippen molar-refractivity contribution in [1.29, 1.82) is 0 Å². The number of benzene rings is 2. The second-order valence-corrected chi connectivity index (χ2v) is 6.83. The van der Waals surface area contributed by atoms with Gasteiger partial charge in [0.25, 0.3) is 0 Å². The van der Waals surface area contributed by atoms with Crippen molar-refractivity contribution in [2.24, 2.45) is 0 Å². The molecule has 0 N–H and O–H groups in total. The summed E-state index contributed by atoms with van der Waals surface area (Å²) in [5, 5.41) is 0. The van der Waals surface area contributed by atoms with Crippen molar-refractivity contribution in [2.75, 3.05) is 19.8 Å². The first-order valence-corrected chi connectivity index (χ1v) is 10.0. The molecule has 166 valence electrons. The highest BCUT2D eigenvalue weighted by atomic mass is 32.2. The molecule has 0 aliphatic rings. The van der Waals surface area contributed by atoms with Gasteiger partial charge in [-0.1, -0.05) is 0 Å². The van der Waals surface area contributed by atoms with Crippen molar-refractivity contribution in [1.82, 2.24) is 0 Å². The lowest BCUT2D eigenvalue weighted by atomic mass is 10.2. The Hall–Kier alpha value is -2.73. The minimum Gasteiger partial charge on any atom is -0.744 e. The predicted octanol–water partition coefficient (Wildman–Crippen LogP) is 4.14. The second-order valence-electron chi connectivity index (χ2n) is 5.52. The van der Waals surface area contributed by atoms with Crippen molar-refractivity contribution in [2.45, 2.75) is 25.7 Å². The van der Waals surface area contributed by atoms with Crippen molar-refractivity contribution in [3.05, 3.63) is 35.4 Å². The molecule has 2 aromatic rings. The molecule has 2 aromatic carbocycles. The fourth-order valence-corrected chi connectivity index (χ4v) is 3.05. The van der Waals surface area contributed by atoms with E-state index in [1.165, 1.54) is 12.1 Å². The van der Waals surface area contributed by atoms with Gasteiger partial charge in [-0.05, 0) is 20.8 Å². The van der Waals surface area contributed by atoms with E-state index in [2.05, 4.69) is 0 Å². The highest BCUT2D eigenvalue weighted by Gasteiger charge is 2.31. The maximum Gasteiger partial charge on any atom is 0.211 e. The number of hydrogen-bond acceptors (Lipinski definition) is 7. The number of halogens is 4. The number of rotatable bonds is 9. The standard InChI is InChI=1S/C18H18F4O7S/c1-4-26-9-7-10(27-5-2)16(11(8-9)28-6-3)29-17-12(19)14(21)18(30(23,24)25)15(22)13(17)20/h7-8H,4-6H2,1-3H3,(H,23,24,25)/p-1. The zero-order chi connectivity index (χ0) is 22.6. The Morgan fingerprint density at radius 1 is 0.767 bits per heavy atom. The molecule has 12 heteroatoms. The molecule has 0 aliphatic carbocycles. The van der Waals surface area contributed by atoms with Gasteiger partial charge in [-0.25, -0.2) is 17.2 Å². The Labute approximate surface area is 169 Å². The fraction of sp³-hybridized carbons (Fsp3) is 0.333. The van der Waals surface area contributed by atoms with Crippen molar-refractivity contribution in [3.8, 4) is 28.7 Å². The lowest BCUT2D eigenvalue weighted by Crippen LogP contribution is -2.12. The Morgan fingerprint density at radius 2 is 1.20 bits per heavy atom. The van der Waals surface area contributed by atoms with Gasteiger partial charge in [0.2, 0.25) is 23.1 Å². The number of hydrogen-bond donors (Lipinski definition) is 0.